The summed E-state index contributed by atoms with van der Waals surface area (Å²) in [5, 5.41) is 2.66. The fourth-order valence-electron chi connectivity index (χ4n) is 2.77. The highest BCUT2D eigenvalue weighted by molar-refractivity contribution is 7.89. The van der Waals surface area contributed by atoms with E-state index >= 15 is 0 Å². The summed E-state index contributed by atoms with van der Waals surface area (Å²) in [5.74, 6) is -0.0162. The molecule has 3 rings (SSSR count). The number of halogens is 3. The van der Waals surface area contributed by atoms with Gasteiger partial charge in [0.05, 0.1) is 17.8 Å². The monoisotopic (exact) mass is 484 g/mol. The molecule has 0 radical (unpaired) electrons. The zero-order chi connectivity index (χ0) is 23.1. The topological polar surface area (TPSA) is 97.6 Å². The number of amides is 1. The number of nitrogens with one attached hydrogen (secondary N) is 2. The first kappa shape index (κ1) is 23.7. The number of hydrogen-bond acceptors (Lipinski definition) is 5. The third-order valence-electron chi connectivity index (χ3n) is 4.35. The average Bonchev–Trinajstić information content (AvgIpc) is 3.27. The van der Waals surface area contributed by atoms with Crippen molar-refractivity contribution in [3.05, 3.63) is 82.8 Å². The Morgan fingerprint density at radius 1 is 1.12 bits per heavy atom. The van der Waals surface area contributed by atoms with E-state index in [0.29, 0.717) is 12.2 Å². The minimum Gasteiger partial charge on any atom is -0.468 e. The number of sulfonamides is 1. The zero-order valence-corrected chi connectivity index (χ0v) is 18.1. The first-order chi connectivity index (χ1) is 15.2. The van der Waals surface area contributed by atoms with Gasteiger partial charge in [-0.25, -0.2) is 13.1 Å². The van der Waals surface area contributed by atoms with Gasteiger partial charge in [0.1, 0.15) is 16.4 Å². The molecule has 2 aromatic carbocycles. The number of carbonyl (C=O) groups is 1. The van der Waals surface area contributed by atoms with Crippen LogP contribution in [0.3, 0.4) is 0 Å². The lowest BCUT2D eigenvalue weighted by Gasteiger charge is -2.10. The summed E-state index contributed by atoms with van der Waals surface area (Å²) >= 11 is 6.04. The lowest BCUT2D eigenvalue weighted by Crippen LogP contribution is -2.27. The molecule has 3 aromatic rings. The van der Waals surface area contributed by atoms with Crippen molar-refractivity contribution in [2.75, 3.05) is 6.54 Å². The van der Waals surface area contributed by atoms with Crippen LogP contribution >= 0.6 is 11.6 Å². The largest absolute Gasteiger partial charge is 0.468 e. The van der Waals surface area contributed by atoms with E-state index in [4.69, 9.17) is 16.0 Å². The van der Waals surface area contributed by atoms with Crippen LogP contribution in [0.4, 0.5) is 8.78 Å². The van der Waals surface area contributed by atoms with Gasteiger partial charge in [-0.3, -0.25) is 4.79 Å². The van der Waals surface area contributed by atoms with E-state index in [2.05, 4.69) is 14.8 Å². The molecule has 0 saturated carbocycles. The van der Waals surface area contributed by atoms with Gasteiger partial charge < -0.3 is 14.5 Å². The number of hydrogen-bond donors (Lipinski definition) is 2. The maximum absolute atomic E-state index is 12.6. The smallest absolute Gasteiger partial charge is 0.387 e. The van der Waals surface area contributed by atoms with E-state index in [-0.39, 0.29) is 34.3 Å². The van der Waals surface area contributed by atoms with E-state index in [1.165, 1.54) is 36.6 Å². The molecule has 0 fully saturated rings. The summed E-state index contributed by atoms with van der Waals surface area (Å²) in [6.07, 6.45) is 1.86. The van der Waals surface area contributed by atoms with Gasteiger partial charge in [-0.15, -0.1) is 0 Å². The van der Waals surface area contributed by atoms with E-state index in [9.17, 15) is 22.0 Å². The second-order valence-electron chi connectivity index (χ2n) is 6.58. The van der Waals surface area contributed by atoms with E-state index < -0.39 is 22.5 Å². The predicted molar refractivity (Wildman–Crippen MR) is 113 cm³/mol. The third kappa shape index (κ3) is 6.52. The Hall–Kier alpha value is -2.95. The van der Waals surface area contributed by atoms with Crippen LogP contribution in [0, 0.1) is 0 Å². The van der Waals surface area contributed by atoms with Crippen LogP contribution in [0.1, 0.15) is 21.7 Å². The summed E-state index contributed by atoms with van der Waals surface area (Å²) in [7, 11) is -3.99. The van der Waals surface area contributed by atoms with E-state index in [1.54, 1.807) is 24.3 Å². The molecule has 0 spiro atoms. The maximum Gasteiger partial charge on any atom is 0.387 e. The van der Waals surface area contributed by atoms with Crippen LogP contribution in [0.5, 0.6) is 5.75 Å². The van der Waals surface area contributed by atoms with Crippen molar-refractivity contribution in [2.24, 2.45) is 0 Å². The first-order valence-corrected chi connectivity index (χ1v) is 11.2. The van der Waals surface area contributed by atoms with Crippen molar-refractivity contribution in [1.29, 1.82) is 0 Å². The quantitative estimate of drug-likeness (QED) is 0.453. The molecule has 0 aliphatic heterocycles. The molecule has 0 atom stereocenters. The van der Waals surface area contributed by atoms with E-state index in [1.807, 2.05) is 0 Å². The molecule has 1 aromatic heterocycles. The Bertz CT molecular complexity index is 1150. The molecule has 0 unspecified atom stereocenters. The molecule has 0 saturated heterocycles. The molecule has 2 N–H and O–H groups in total. The van der Waals surface area contributed by atoms with Gasteiger partial charge in [-0.05, 0) is 54.4 Å². The normalized spacial score (nSPS) is 11.5. The molecule has 11 heteroatoms. The lowest BCUT2D eigenvalue weighted by atomic mass is 10.1. The van der Waals surface area contributed by atoms with Crippen LogP contribution in [0.15, 0.2) is 70.2 Å². The molecule has 0 bridgehead atoms. The van der Waals surface area contributed by atoms with Gasteiger partial charge in [0.15, 0.2) is 0 Å². The lowest BCUT2D eigenvalue weighted by molar-refractivity contribution is -0.0498. The Labute approximate surface area is 188 Å². The second kappa shape index (κ2) is 10.6. The van der Waals surface area contributed by atoms with Crippen LogP contribution in [0.2, 0.25) is 5.02 Å². The van der Waals surface area contributed by atoms with Gasteiger partial charge >= 0.3 is 6.61 Å². The number of benzene rings is 2. The Morgan fingerprint density at radius 3 is 2.53 bits per heavy atom. The van der Waals surface area contributed by atoms with Gasteiger partial charge in [-0.2, -0.15) is 8.78 Å². The SMILES string of the molecule is O=C(NCCc1ccc(OC(F)F)cc1)c1ccc(Cl)c(S(=O)(=O)NCc2ccco2)c1. The van der Waals surface area contributed by atoms with Gasteiger partial charge in [-0.1, -0.05) is 23.7 Å². The Kier molecular flexibility index (Phi) is 7.84. The number of ether oxygens (including phenoxy) is 1. The number of alkyl halides is 2. The highest BCUT2D eigenvalue weighted by Gasteiger charge is 2.20. The van der Waals surface area contributed by atoms with Crippen molar-refractivity contribution >= 4 is 27.5 Å². The number of carbonyl (C=O) groups excluding carboxylic acids is 1. The highest BCUT2D eigenvalue weighted by Crippen LogP contribution is 2.23. The molecular weight excluding hydrogens is 466 g/mol. The average molecular weight is 485 g/mol. The van der Waals surface area contributed by atoms with Crippen LogP contribution in [-0.4, -0.2) is 27.5 Å². The Balaban J connectivity index is 1.59. The number of furan rings is 1. The van der Waals surface area contributed by atoms with Gasteiger partial charge in [0.25, 0.3) is 5.91 Å². The molecule has 1 heterocycles. The summed E-state index contributed by atoms with van der Waals surface area (Å²) < 4.78 is 61.3. The van der Waals surface area contributed by atoms with Crippen molar-refractivity contribution in [1.82, 2.24) is 10.0 Å². The van der Waals surface area contributed by atoms with Gasteiger partial charge in [0, 0.05) is 12.1 Å². The van der Waals surface area contributed by atoms with Gasteiger partial charge in [0.2, 0.25) is 10.0 Å². The van der Waals surface area contributed by atoms with Crippen LogP contribution < -0.4 is 14.8 Å². The zero-order valence-electron chi connectivity index (χ0n) is 16.6. The van der Waals surface area contributed by atoms with Crippen molar-refractivity contribution in [3.63, 3.8) is 0 Å². The molecule has 0 aliphatic rings. The summed E-state index contributed by atoms with van der Waals surface area (Å²) in [6.45, 7) is -2.72. The van der Waals surface area contributed by atoms with Crippen molar-refractivity contribution in [3.8, 4) is 5.75 Å². The Morgan fingerprint density at radius 2 is 1.88 bits per heavy atom. The molecule has 7 nitrogen and oxygen atoms in total. The van der Waals surface area contributed by atoms with Crippen LogP contribution in [-0.2, 0) is 23.0 Å². The third-order valence-corrected chi connectivity index (χ3v) is 6.23. The fourth-order valence-corrected chi connectivity index (χ4v) is 4.28. The summed E-state index contributed by atoms with van der Waals surface area (Å²) in [5.41, 5.74) is 0.918. The molecular formula is C21H19ClF2N2O5S. The minimum absolute atomic E-state index is 0.0281. The summed E-state index contributed by atoms with van der Waals surface area (Å²) in [6, 6.07) is 13.2. The van der Waals surface area contributed by atoms with Crippen molar-refractivity contribution in [2.45, 2.75) is 24.5 Å². The highest BCUT2D eigenvalue weighted by atomic mass is 35.5. The standard InChI is InChI=1S/C21H19ClF2N2O5S/c22-18-8-5-15(12-19(18)32(28,29)26-13-17-2-1-11-30-17)20(27)25-10-9-14-3-6-16(7-4-14)31-21(23)24/h1-8,11-12,21,26H,9-10,13H2,(H,25,27). The van der Waals surface area contributed by atoms with E-state index in [0.717, 1.165) is 5.56 Å². The fraction of sp³-hybridized carbons (Fsp3) is 0.190. The maximum atomic E-state index is 12.6. The molecule has 170 valence electrons. The summed E-state index contributed by atoms with van der Waals surface area (Å²) in [4.78, 5) is 12.2. The first-order valence-electron chi connectivity index (χ1n) is 9.38. The van der Waals surface area contributed by atoms with Crippen LogP contribution in [0.25, 0.3) is 0 Å². The predicted octanol–water partition coefficient (Wildman–Crippen LogP) is 3.99. The molecule has 1 amide bonds. The van der Waals surface area contributed by atoms with Crippen molar-refractivity contribution < 1.29 is 31.1 Å². The minimum atomic E-state index is -3.99. The second-order valence-corrected chi connectivity index (χ2v) is 8.72. The molecule has 0 aliphatic carbocycles. The number of rotatable bonds is 10. The molecule has 32 heavy (non-hydrogen) atoms.